The Morgan fingerprint density at radius 3 is 2.69 bits per heavy atom. The van der Waals surface area contributed by atoms with E-state index in [1.807, 2.05) is 42.5 Å². The molecule has 0 unspecified atom stereocenters. The molecule has 0 amide bonds. The van der Waals surface area contributed by atoms with Crippen LogP contribution in [0.5, 0.6) is 5.75 Å². The van der Waals surface area contributed by atoms with E-state index >= 15 is 0 Å². The number of aliphatic hydroxyl groups is 1. The summed E-state index contributed by atoms with van der Waals surface area (Å²) in [7, 11) is 1.66. The standard InChI is InChI=1S/C25H33ClN2O4/c1-18(2)16-31-17-22(29)14-28(13-19-5-4-6-23(11-19)30-3)15-24-12-25(27-32-24)20-7-9-21(26)10-8-20/h4-11,18,22,24,29H,12-17H2,1-3H3/t22-,24-/m0/s1. The summed E-state index contributed by atoms with van der Waals surface area (Å²) >= 11 is 6.00. The van der Waals surface area contributed by atoms with Gasteiger partial charge < -0.3 is 19.4 Å². The SMILES string of the molecule is COc1cccc(CN(C[C@H](O)COCC(C)C)C[C@@H]2CC(c3ccc(Cl)cc3)=NO2)c1. The minimum Gasteiger partial charge on any atom is -0.497 e. The van der Waals surface area contributed by atoms with Crippen molar-refractivity contribution in [3.05, 3.63) is 64.7 Å². The lowest BCUT2D eigenvalue weighted by atomic mass is 10.0. The molecule has 6 nitrogen and oxygen atoms in total. The Morgan fingerprint density at radius 1 is 1.19 bits per heavy atom. The molecular weight excluding hydrogens is 428 g/mol. The van der Waals surface area contributed by atoms with Crippen LogP contribution in [-0.2, 0) is 16.1 Å². The van der Waals surface area contributed by atoms with Crippen LogP contribution in [0.1, 0.15) is 31.4 Å². The molecule has 0 aromatic heterocycles. The van der Waals surface area contributed by atoms with Gasteiger partial charge in [0, 0.05) is 37.7 Å². The van der Waals surface area contributed by atoms with Crippen molar-refractivity contribution >= 4 is 17.3 Å². The summed E-state index contributed by atoms with van der Waals surface area (Å²) in [6, 6.07) is 15.6. The van der Waals surface area contributed by atoms with Crippen LogP contribution in [0, 0.1) is 5.92 Å². The maximum absolute atomic E-state index is 10.6. The van der Waals surface area contributed by atoms with E-state index in [0.29, 0.717) is 50.2 Å². The Hall–Kier alpha value is -2.12. The Kier molecular flexibility index (Phi) is 9.36. The van der Waals surface area contributed by atoms with E-state index in [4.69, 9.17) is 25.9 Å². The Bertz CT molecular complexity index is 873. The fourth-order valence-electron chi connectivity index (χ4n) is 3.65. The second-order valence-electron chi connectivity index (χ2n) is 8.61. The van der Waals surface area contributed by atoms with E-state index < -0.39 is 6.10 Å². The largest absolute Gasteiger partial charge is 0.497 e. The van der Waals surface area contributed by atoms with E-state index in [1.54, 1.807) is 7.11 Å². The number of ether oxygens (including phenoxy) is 2. The van der Waals surface area contributed by atoms with Crippen LogP contribution in [0.2, 0.25) is 5.02 Å². The Morgan fingerprint density at radius 2 is 1.97 bits per heavy atom. The van der Waals surface area contributed by atoms with E-state index in [-0.39, 0.29) is 6.10 Å². The zero-order valence-corrected chi connectivity index (χ0v) is 19.8. The van der Waals surface area contributed by atoms with E-state index in [9.17, 15) is 5.11 Å². The molecular formula is C25H33ClN2O4. The fourth-order valence-corrected chi connectivity index (χ4v) is 3.78. The van der Waals surface area contributed by atoms with Gasteiger partial charge in [-0.15, -0.1) is 0 Å². The lowest BCUT2D eigenvalue weighted by Crippen LogP contribution is -2.39. The van der Waals surface area contributed by atoms with Crippen LogP contribution in [-0.4, -0.2) is 61.3 Å². The highest BCUT2D eigenvalue weighted by atomic mass is 35.5. The van der Waals surface area contributed by atoms with Crippen molar-refractivity contribution in [2.45, 2.75) is 39.0 Å². The fraction of sp³-hybridized carbons (Fsp3) is 0.480. The molecule has 0 fully saturated rings. The molecule has 2 aromatic carbocycles. The summed E-state index contributed by atoms with van der Waals surface area (Å²) in [5.74, 6) is 1.25. The summed E-state index contributed by atoms with van der Waals surface area (Å²) in [6.45, 7) is 6.91. The molecule has 1 heterocycles. The number of methoxy groups -OCH3 is 1. The molecule has 2 aromatic rings. The molecule has 1 aliphatic rings. The molecule has 0 radical (unpaired) electrons. The molecule has 0 bridgehead atoms. The molecule has 2 atom stereocenters. The van der Waals surface area contributed by atoms with Crippen molar-refractivity contribution in [2.24, 2.45) is 11.1 Å². The van der Waals surface area contributed by atoms with Gasteiger partial charge in [-0.3, -0.25) is 4.90 Å². The van der Waals surface area contributed by atoms with Crippen LogP contribution < -0.4 is 4.74 Å². The molecule has 0 spiro atoms. The molecule has 0 saturated heterocycles. The molecule has 3 rings (SSSR count). The Balaban J connectivity index is 1.61. The monoisotopic (exact) mass is 460 g/mol. The summed E-state index contributed by atoms with van der Waals surface area (Å²) in [4.78, 5) is 7.92. The minimum atomic E-state index is -0.586. The van der Waals surface area contributed by atoms with Crippen LogP contribution in [0.25, 0.3) is 0 Å². The zero-order chi connectivity index (χ0) is 22.9. The van der Waals surface area contributed by atoms with Gasteiger partial charge >= 0.3 is 0 Å². The third kappa shape index (κ3) is 7.78. The summed E-state index contributed by atoms with van der Waals surface area (Å²) in [5.41, 5.74) is 3.03. The predicted octanol–water partition coefficient (Wildman–Crippen LogP) is 4.38. The first kappa shape index (κ1) is 24.5. The highest BCUT2D eigenvalue weighted by Crippen LogP contribution is 2.21. The number of oxime groups is 1. The quantitative estimate of drug-likeness (QED) is 0.509. The zero-order valence-electron chi connectivity index (χ0n) is 19.0. The second kappa shape index (κ2) is 12.2. The number of hydrogen-bond donors (Lipinski definition) is 1. The molecule has 7 heteroatoms. The van der Waals surface area contributed by atoms with Crippen molar-refractivity contribution in [3.8, 4) is 5.75 Å². The second-order valence-corrected chi connectivity index (χ2v) is 9.04. The lowest BCUT2D eigenvalue weighted by Gasteiger charge is -2.27. The number of rotatable bonds is 12. The third-order valence-electron chi connectivity index (χ3n) is 5.14. The Labute approximate surface area is 195 Å². The van der Waals surface area contributed by atoms with Gasteiger partial charge in [0.25, 0.3) is 0 Å². The average molecular weight is 461 g/mol. The van der Waals surface area contributed by atoms with Crippen LogP contribution >= 0.6 is 11.6 Å². The normalized spacial score (nSPS) is 16.8. The third-order valence-corrected chi connectivity index (χ3v) is 5.39. The summed E-state index contributed by atoms with van der Waals surface area (Å²) in [5, 5.41) is 15.6. The van der Waals surface area contributed by atoms with Gasteiger partial charge in [0.2, 0.25) is 0 Å². The molecule has 1 aliphatic heterocycles. The van der Waals surface area contributed by atoms with Crippen LogP contribution in [0.15, 0.2) is 53.7 Å². The molecule has 0 saturated carbocycles. The van der Waals surface area contributed by atoms with Gasteiger partial charge in [0.05, 0.1) is 25.5 Å². The summed E-state index contributed by atoms with van der Waals surface area (Å²) < 4.78 is 11.0. The highest BCUT2D eigenvalue weighted by Gasteiger charge is 2.26. The van der Waals surface area contributed by atoms with Gasteiger partial charge in [0.15, 0.2) is 0 Å². The topological polar surface area (TPSA) is 63.5 Å². The van der Waals surface area contributed by atoms with Crippen molar-refractivity contribution in [3.63, 3.8) is 0 Å². The van der Waals surface area contributed by atoms with Crippen molar-refractivity contribution in [1.29, 1.82) is 0 Å². The minimum absolute atomic E-state index is 0.0879. The van der Waals surface area contributed by atoms with E-state index in [1.165, 1.54) is 0 Å². The molecule has 0 aliphatic carbocycles. The lowest BCUT2D eigenvalue weighted by molar-refractivity contribution is -0.00735. The number of hydrogen-bond acceptors (Lipinski definition) is 6. The molecule has 174 valence electrons. The van der Waals surface area contributed by atoms with E-state index in [0.717, 1.165) is 22.6 Å². The number of benzene rings is 2. The smallest absolute Gasteiger partial charge is 0.145 e. The highest BCUT2D eigenvalue weighted by molar-refractivity contribution is 6.30. The van der Waals surface area contributed by atoms with E-state index in [2.05, 4.69) is 30.0 Å². The van der Waals surface area contributed by atoms with Gasteiger partial charge in [0.1, 0.15) is 11.9 Å². The predicted molar refractivity (Wildman–Crippen MR) is 127 cm³/mol. The number of nitrogens with zero attached hydrogens (tertiary/aromatic N) is 2. The van der Waals surface area contributed by atoms with Gasteiger partial charge in [-0.1, -0.05) is 54.9 Å². The van der Waals surface area contributed by atoms with Crippen LogP contribution in [0.3, 0.4) is 0 Å². The maximum Gasteiger partial charge on any atom is 0.145 e. The first-order valence-electron chi connectivity index (χ1n) is 11.0. The molecule has 1 N–H and O–H groups in total. The maximum atomic E-state index is 10.6. The van der Waals surface area contributed by atoms with Crippen molar-refractivity contribution in [1.82, 2.24) is 4.90 Å². The summed E-state index contributed by atoms with van der Waals surface area (Å²) in [6.07, 6.45) is 0.0309. The van der Waals surface area contributed by atoms with Crippen molar-refractivity contribution in [2.75, 3.05) is 33.4 Å². The average Bonchev–Trinajstić information content (AvgIpc) is 3.22. The molecule has 32 heavy (non-hydrogen) atoms. The van der Waals surface area contributed by atoms with Crippen molar-refractivity contribution < 1.29 is 19.4 Å². The van der Waals surface area contributed by atoms with Gasteiger partial charge in [-0.2, -0.15) is 0 Å². The number of halogens is 1. The van der Waals surface area contributed by atoms with Gasteiger partial charge in [-0.05, 0) is 41.3 Å². The first-order chi connectivity index (χ1) is 15.4. The first-order valence-corrected chi connectivity index (χ1v) is 11.4. The van der Waals surface area contributed by atoms with Crippen LogP contribution in [0.4, 0.5) is 0 Å². The number of aliphatic hydroxyl groups excluding tert-OH is 1. The van der Waals surface area contributed by atoms with Gasteiger partial charge in [-0.25, -0.2) is 0 Å².